The molecule has 0 bridgehead atoms. The third-order valence-electron chi connectivity index (χ3n) is 6.01. The SMILES string of the molecule is Cc1cccc(N2CCN(C(=O)Cc3c(C)nc4c(C)cccn34)CC2)c1C. The maximum absolute atomic E-state index is 13.0. The second-order valence-corrected chi connectivity index (χ2v) is 7.79. The van der Waals surface area contributed by atoms with Crippen LogP contribution in [0.15, 0.2) is 36.5 Å². The molecule has 1 saturated heterocycles. The van der Waals surface area contributed by atoms with Crippen LogP contribution in [0, 0.1) is 27.7 Å². The van der Waals surface area contributed by atoms with Gasteiger partial charge in [-0.25, -0.2) is 4.98 Å². The fourth-order valence-electron chi connectivity index (χ4n) is 4.11. The Morgan fingerprint density at radius 3 is 2.43 bits per heavy atom. The van der Waals surface area contributed by atoms with Crippen LogP contribution < -0.4 is 4.90 Å². The highest BCUT2D eigenvalue weighted by Crippen LogP contribution is 2.24. The van der Waals surface area contributed by atoms with Gasteiger partial charge in [0.15, 0.2) is 0 Å². The molecular formula is C23H28N4O. The highest BCUT2D eigenvalue weighted by atomic mass is 16.2. The van der Waals surface area contributed by atoms with E-state index in [9.17, 15) is 4.79 Å². The van der Waals surface area contributed by atoms with Crippen LogP contribution in [0.1, 0.15) is 28.1 Å². The van der Waals surface area contributed by atoms with Gasteiger partial charge >= 0.3 is 0 Å². The van der Waals surface area contributed by atoms with Gasteiger partial charge in [0.1, 0.15) is 5.65 Å². The van der Waals surface area contributed by atoms with Crippen LogP contribution in [-0.2, 0) is 11.2 Å². The number of hydrogen-bond acceptors (Lipinski definition) is 3. The quantitative estimate of drug-likeness (QED) is 0.703. The molecule has 0 saturated carbocycles. The number of piperazine rings is 1. The van der Waals surface area contributed by atoms with Gasteiger partial charge in [-0.1, -0.05) is 18.2 Å². The Balaban J connectivity index is 1.46. The number of nitrogens with zero attached hydrogens (tertiary/aromatic N) is 4. The van der Waals surface area contributed by atoms with E-state index in [-0.39, 0.29) is 5.91 Å². The number of amides is 1. The first-order valence-electron chi connectivity index (χ1n) is 9.98. The lowest BCUT2D eigenvalue weighted by Gasteiger charge is -2.37. The number of pyridine rings is 1. The summed E-state index contributed by atoms with van der Waals surface area (Å²) in [5.74, 6) is 0.187. The molecule has 0 atom stereocenters. The largest absolute Gasteiger partial charge is 0.368 e. The number of aromatic nitrogens is 2. The lowest BCUT2D eigenvalue weighted by molar-refractivity contribution is -0.130. The third-order valence-corrected chi connectivity index (χ3v) is 6.01. The molecule has 0 N–H and O–H groups in total. The number of benzene rings is 1. The van der Waals surface area contributed by atoms with E-state index >= 15 is 0 Å². The summed E-state index contributed by atoms with van der Waals surface area (Å²) in [6.45, 7) is 11.7. The van der Waals surface area contributed by atoms with Crippen LogP contribution in [0.5, 0.6) is 0 Å². The zero-order valence-electron chi connectivity index (χ0n) is 17.2. The minimum Gasteiger partial charge on any atom is -0.368 e. The molecule has 3 aromatic rings. The molecule has 5 heteroatoms. The maximum atomic E-state index is 13.0. The molecule has 1 fully saturated rings. The predicted molar refractivity (Wildman–Crippen MR) is 113 cm³/mol. The van der Waals surface area contributed by atoms with E-state index in [2.05, 4.69) is 59.3 Å². The molecular weight excluding hydrogens is 348 g/mol. The highest BCUT2D eigenvalue weighted by Gasteiger charge is 2.24. The van der Waals surface area contributed by atoms with Crippen molar-refractivity contribution in [3.63, 3.8) is 0 Å². The van der Waals surface area contributed by atoms with Crippen LogP contribution >= 0.6 is 0 Å². The fourth-order valence-corrected chi connectivity index (χ4v) is 4.11. The lowest BCUT2D eigenvalue weighted by atomic mass is 10.1. The van der Waals surface area contributed by atoms with Crippen LogP contribution in [0.4, 0.5) is 5.69 Å². The van der Waals surface area contributed by atoms with Gasteiger partial charge in [0.2, 0.25) is 5.91 Å². The first-order chi connectivity index (χ1) is 13.5. The first kappa shape index (κ1) is 18.5. The van der Waals surface area contributed by atoms with Crippen molar-refractivity contribution in [2.45, 2.75) is 34.1 Å². The summed E-state index contributed by atoms with van der Waals surface area (Å²) in [4.78, 5) is 22.0. The predicted octanol–water partition coefficient (Wildman–Crippen LogP) is 3.46. The van der Waals surface area contributed by atoms with Gasteiger partial charge in [0.25, 0.3) is 0 Å². The van der Waals surface area contributed by atoms with Crippen molar-refractivity contribution in [1.29, 1.82) is 0 Å². The van der Waals surface area contributed by atoms with Gasteiger partial charge in [-0.3, -0.25) is 4.79 Å². The number of fused-ring (bicyclic) bond motifs is 1. The van der Waals surface area contributed by atoms with Gasteiger partial charge in [0.05, 0.1) is 17.8 Å². The van der Waals surface area contributed by atoms with Crippen LogP contribution in [0.25, 0.3) is 5.65 Å². The van der Waals surface area contributed by atoms with Crippen LogP contribution in [-0.4, -0.2) is 46.4 Å². The monoisotopic (exact) mass is 376 g/mol. The number of hydrogen-bond donors (Lipinski definition) is 0. The minimum absolute atomic E-state index is 0.187. The van der Waals surface area contributed by atoms with E-state index < -0.39 is 0 Å². The summed E-state index contributed by atoms with van der Waals surface area (Å²) >= 11 is 0. The second-order valence-electron chi connectivity index (χ2n) is 7.79. The number of carbonyl (C=O) groups excluding carboxylic acids is 1. The van der Waals surface area contributed by atoms with Crippen molar-refractivity contribution in [1.82, 2.24) is 14.3 Å². The van der Waals surface area contributed by atoms with Crippen LogP contribution in [0.3, 0.4) is 0 Å². The summed E-state index contributed by atoms with van der Waals surface area (Å²) in [6.07, 6.45) is 2.41. The molecule has 28 heavy (non-hydrogen) atoms. The van der Waals surface area contributed by atoms with Crippen molar-refractivity contribution in [3.05, 3.63) is 64.6 Å². The molecule has 2 aromatic heterocycles. The van der Waals surface area contributed by atoms with E-state index in [1.807, 2.05) is 24.1 Å². The number of anilines is 1. The third kappa shape index (κ3) is 3.26. The summed E-state index contributed by atoms with van der Waals surface area (Å²) in [5, 5.41) is 0. The Morgan fingerprint density at radius 2 is 1.68 bits per heavy atom. The van der Waals surface area contributed by atoms with E-state index in [1.54, 1.807) is 0 Å². The van der Waals surface area contributed by atoms with Gasteiger partial charge in [-0.2, -0.15) is 0 Å². The van der Waals surface area contributed by atoms with Crippen LogP contribution in [0.2, 0.25) is 0 Å². The summed E-state index contributed by atoms with van der Waals surface area (Å²) in [6, 6.07) is 10.5. The Bertz CT molecular complexity index is 1030. The van der Waals surface area contributed by atoms with Gasteiger partial charge in [-0.05, 0) is 56.5 Å². The first-order valence-corrected chi connectivity index (χ1v) is 9.98. The average Bonchev–Trinajstić information content (AvgIpc) is 3.01. The standard InChI is InChI=1S/C23H28N4O/c1-16-7-5-9-20(18(16)3)25-11-13-26(14-12-25)22(28)15-21-19(4)24-23-17(2)8-6-10-27(21)23/h5-10H,11-15H2,1-4H3. The molecule has 1 aliphatic heterocycles. The van der Waals surface area contributed by atoms with E-state index in [0.29, 0.717) is 6.42 Å². The number of carbonyl (C=O) groups is 1. The number of imidazole rings is 1. The van der Waals surface area contributed by atoms with Crippen molar-refractivity contribution < 1.29 is 4.79 Å². The molecule has 1 aromatic carbocycles. The van der Waals surface area contributed by atoms with E-state index in [4.69, 9.17) is 0 Å². The second kappa shape index (κ2) is 7.30. The molecule has 5 nitrogen and oxygen atoms in total. The lowest BCUT2D eigenvalue weighted by Crippen LogP contribution is -2.49. The number of rotatable bonds is 3. The van der Waals surface area contributed by atoms with Gasteiger partial charge in [-0.15, -0.1) is 0 Å². The van der Waals surface area contributed by atoms with E-state index in [1.165, 1.54) is 16.8 Å². The molecule has 0 spiro atoms. The van der Waals surface area contributed by atoms with Crippen molar-refractivity contribution in [3.8, 4) is 0 Å². The Morgan fingerprint density at radius 1 is 0.964 bits per heavy atom. The maximum Gasteiger partial charge on any atom is 0.228 e. The molecule has 0 unspecified atom stereocenters. The molecule has 1 amide bonds. The smallest absolute Gasteiger partial charge is 0.228 e. The molecule has 0 aliphatic carbocycles. The minimum atomic E-state index is 0.187. The van der Waals surface area contributed by atoms with E-state index in [0.717, 1.165) is 48.8 Å². The molecule has 4 rings (SSSR count). The number of aryl methyl sites for hydroxylation is 3. The summed E-state index contributed by atoms with van der Waals surface area (Å²) < 4.78 is 2.06. The summed E-state index contributed by atoms with van der Waals surface area (Å²) in [7, 11) is 0. The molecule has 1 aliphatic rings. The molecule has 146 valence electrons. The molecule has 0 radical (unpaired) electrons. The Labute approximate surface area is 166 Å². The average molecular weight is 377 g/mol. The van der Waals surface area contributed by atoms with Crippen molar-refractivity contribution in [2.24, 2.45) is 0 Å². The zero-order chi connectivity index (χ0) is 19.8. The normalized spacial score (nSPS) is 14.7. The summed E-state index contributed by atoms with van der Waals surface area (Å²) in [5.41, 5.74) is 7.96. The van der Waals surface area contributed by atoms with Crippen molar-refractivity contribution >= 4 is 17.2 Å². The van der Waals surface area contributed by atoms with Gasteiger partial charge < -0.3 is 14.2 Å². The Kier molecular flexibility index (Phi) is 4.84. The zero-order valence-corrected chi connectivity index (χ0v) is 17.2. The van der Waals surface area contributed by atoms with Gasteiger partial charge in [0, 0.05) is 38.1 Å². The Hall–Kier alpha value is -2.82. The fraction of sp³-hybridized carbons (Fsp3) is 0.391. The van der Waals surface area contributed by atoms with Crippen molar-refractivity contribution in [2.75, 3.05) is 31.1 Å². The molecule has 3 heterocycles. The highest BCUT2D eigenvalue weighted by molar-refractivity contribution is 5.79. The topological polar surface area (TPSA) is 40.8 Å².